The number of aliphatic hydroxyl groups excluding tert-OH is 1. The highest BCUT2D eigenvalue weighted by Gasteiger charge is 2.21. The van der Waals surface area contributed by atoms with E-state index in [0.717, 1.165) is 31.5 Å². The van der Waals surface area contributed by atoms with Gasteiger partial charge in [-0.25, -0.2) is 4.98 Å². The van der Waals surface area contributed by atoms with Gasteiger partial charge in [0, 0.05) is 30.7 Å². The standard InChI is InChI=1S/C15H19N3O/c19-15-6-3-13(9-15)17-10-12-1-4-14(5-2-12)18-8-7-16-11-18/h1-2,4-5,7-8,11,13,15,17,19H,3,6,9-10H2. The number of aliphatic hydroxyl groups is 1. The van der Waals surface area contributed by atoms with E-state index < -0.39 is 0 Å². The predicted octanol–water partition coefficient (Wildman–Crippen LogP) is 1.88. The molecule has 0 aliphatic heterocycles. The number of benzene rings is 1. The van der Waals surface area contributed by atoms with E-state index >= 15 is 0 Å². The summed E-state index contributed by atoms with van der Waals surface area (Å²) in [6, 6.07) is 8.93. The number of hydrogen-bond acceptors (Lipinski definition) is 3. The molecular formula is C15H19N3O. The van der Waals surface area contributed by atoms with E-state index in [1.54, 1.807) is 12.5 Å². The highest BCUT2D eigenvalue weighted by atomic mass is 16.3. The number of aromatic nitrogens is 2. The number of nitrogens with zero attached hydrogens (tertiary/aromatic N) is 2. The number of nitrogens with one attached hydrogen (secondary N) is 1. The molecule has 1 aromatic carbocycles. The molecule has 4 nitrogen and oxygen atoms in total. The van der Waals surface area contributed by atoms with Crippen LogP contribution < -0.4 is 5.32 Å². The van der Waals surface area contributed by atoms with Gasteiger partial charge >= 0.3 is 0 Å². The summed E-state index contributed by atoms with van der Waals surface area (Å²) in [5, 5.41) is 13.0. The lowest BCUT2D eigenvalue weighted by Gasteiger charge is -2.12. The molecule has 0 saturated heterocycles. The van der Waals surface area contributed by atoms with Crippen molar-refractivity contribution in [3.63, 3.8) is 0 Å². The lowest BCUT2D eigenvalue weighted by Crippen LogP contribution is -2.26. The summed E-state index contributed by atoms with van der Waals surface area (Å²) >= 11 is 0. The van der Waals surface area contributed by atoms with Crippen LogP contribution in [0.1, 0.15) is 24.8 Å². The van der Waals surface area contributed by atoms with Crippen molar-refractivity contribution in [2.24, 2.45) is 0 Å². The fourth-order valence-electron chi connectivity index (χ4n) is 2.60. The molecule has 2 N–H and O–H groups in total. The Bertz CT molecular complexity index is 507. The van der Waals surface area contributed by atoms with Crippen LogP contribution in [0.2, 0.25) is 0 Å². The summed E-state index contributed by atoms with van der Waals surface area (Å²) in [5.41, 5.74) is 2.39. The first-order valence-electron chi connectivity index (χ1n) is 6.80. The van der Waals surface area contributed by atoms with Crippen LogP contribution >= 0.6 is 0 Å². The molecule has 0 bridgehead atoms. The maximum Gasteiger partial charge on any atom is 0.0991 e. The quantitative estimate of drug-likeness (QED) is 0.879. The molecule has 1 saturated carbocycles. The molecule has 1 aromatic heterocycles. The zero-order valence-electron chi connectivity index (χ0n) is 10.9. The lowest BCUT2D eigenvalue weighted by molar-refractivity contribution is 0.179. The Morgan fingerprint density at radius 3 is 2.74 bits per heavy atom. The van der Waals surface area contributed by atoms with Crippen LogP contribution in [0.5, 0.6) is 0 Å². The van der Waals surface area contributed by atoms with Crippen LogP contribution in [-0.2, 0) is 6.54 Å². The second-order valence-corrected chi connectivity index (χ2v) is 5.18. The summed E-state index contributed by atoms with van der Waals surface area (Å²) < 4.78 is 1.99. The Labute approximate surface area is 113 Å². The fourth-order valence-corrected chi connectivity index (χ4v) is 2.60. The minimum atomic E-state index is -0.110. The predicted molar refractivity (Wildman–Crippen MR) is 74.0 cm³/mol. The molecule has 19 heavy (non-hydrogen) atoms. The molecule has 4 heteroatoms. The monoisotopic (exact) mass is 257 g/mol. The van der Waals surface area contributed by atoms with Gasteiger partial charge in [0.2, 0.25) is 0 Å². The van der Waals surface area contributed by atoms with Gasteiger partial charge in [-0.15, -0.1) is 0 Å². The van der Waals surface area contributed by atoms with Gasteiger partial charge in [0.15, 0.2) is 0 Å². The molecule has 2 unspecified atom stereocenters. The summed E-state index contributed by atoms with van der Waals surface area (Å²) in [6.45, 7) is 0.863. The highest BCUT2D eigenvalue weighted by molar-refractivity contribution is 5.34. The van der Waals surface area contributed by atoms with Crippen molar-refractivity contribution in [2.45, 2.75) is 38.0 Å². The second-order valence-electron chi connectivity index (χ2n) is 5.18. The molecule has 1 heterocycles. The number of rotatable bonds is 4. The number of hydrogen-bond donors (Lipinski definition) is 2. The molecule has 0 amide bonds. The Hall–Kier alpha value is -1.65. The summed E-state index contributed by atoms with van der Waals surface area (Å²) in [7, 11) is 0. The molecule has 3 rings (SSSR count). The van der Waals surface area contributed by atoms with Crippen LogP contribution in [-0.4, -0.2) is 26.8 Å². The Balaban J connectivity index is 1.57. The molecule has 0 spiro atoms. The van der Waals surface area contributed by atoms with E-state index in [1.807, 2.05) is 10.8 Å². The van der Waals surface area contributed by atoms with Crippen LogP contribution in [0.25, 0.3) is 5.69 Å². The maximum absolute atomic E-state index is 9.49. The molecule has 0 radical (unpaired) electrons. The minimum Gasteiger partial charge on any atom is -0.393 e. The summed E-state index contributed by atoms with van der Waals surface area (Å²) in [4.78, 5) is 4.04. The second kappa shape index (κ2) is 5.55. The number of imidazole rings is 1. The smallest absolute Gasteiger partial charge is 0.0991 e. The van der Waals surface area contributed by atoms with E-state index in [4.69, 9.17) is 0 Å². The first-order valence-corrected chi connectivity index (χ1v) is 6.80. The van der Waals surface area contributed by atoms with Gasteiger partial charge in [-0.05, 0) is 37.0 Å². The average Bonchev–Trinajstić information content (AvgIpc) is 3.08. The highest BCUT2D eigenvalue weighted by Crippen LogP contribution is 2.19. The van der Waals surface area contributed by atoms with Crippen molar-refractivity contribution in [3.8, 4) is 5.69 Å². The van der Waals surface area contributed by atoms with Gasteiger partial charge < -0.3 is 15.0 Å². The minimum absolute atomic E-state index is 0.110. The topological polar surface area (TPSA) is 50.1 Å². The van der Waals surface area contributed by atoms with E-state index in [1.165, 1.54) is 5.56 Å². The lowest BCUT2D eigenvalue weighted by atomic mass is 10.2. The third-order valence-corrected chi connectivity index (χ3v) is 3.74. The average molecular weight is 257 g/mol. The van der Waals surface area contributed by atoms with E-state index in [9.17, 15) is 5.11 Å². The van der Waals surface area contributed by atoms with E-state index in [2.05, 4.69) is 34.6 Å². The van der Waals surface area contributed by atoms with Crippen molar-refractivity contribution in [2.75, 3.05) is 0 Å². The molecule has 2 aromatic rings. The van der Waals surface area contributed by atoms with Crippen molar-refractivity contribution in [3.05, 3.63) is 48.5 Å². The van der Waals surface area contributed by atoms with Crippen molar-refractivity contribution >= 4 is 0 Å². The molecule has 1 aliphatic carbocycles. The normalized spacial score (nSPS) is 22.8. The fraction of sp³-hybridized carbons (Fsp3) is 0.400. The third kappa shape index (κ3) is 3.03. The molecule has 2 atom stereocenters. The molecule has 100 valence electrons. The van der Waals surface area contributed by atoms with Gasteiger partial charge in [-0.1, -0.05) is 12.1 Å². The molecular weight excluding hydrogens is 238 g/mol. The van der Waals surface area contributed by atoms with Crippen LogP contribution in [0, 0.1) is 0 Å². The zero-order valence-corrected chi connectivity index (χ0v) is 10.9. The summed E-state index contributed by atoms with van der Waals surface area (Å²) in [6.07, 6.45) is 8.29. The first kappa shape index (κ1) is 12.4. The van der Waals surface area contributed by atoms with Crippen LogP contribution in [0.15, 0.2) is 43.0 Å². The third-order valence-electron chi connectivity index (χ3n) is 3.74. The van der Waals surface area contributed by atoms with Crippen LogP contribution in [0.3, 0.4) is 0 Å². The van der Waals surface area contributed by atoms with E-state index in [-0.39, 0.29) is 6.10 Å². The Morgan fingerprint density at radius 2 is 2.11 bits per heavy atom. The first-order chi connectivity index (χ1) is 9.31. The molecule has 1 aliphatic rings. The van der Waals surface area contributed by atoms with Gasteiger partial charge in [0.1, 0.15) is 0 Å². The van der Waals surface area contributed by atoms with Crippen molar-refractivity contribution in [1.82, 2.24) is 14.9 Å². The summed E-state index contributed by atoms with van der Waals surface area (Å²) in [5.74, 6) is 0. The van der Waals surface area contributed by atoms with Gasteiger partial charge in [-0.3, -0.25) is 0 Å². The van der Waals surface area contributed by atoms with Gasteiger partial charge in [0.25, 0.3) is 0 Å². The Morgan fingerprint density at radius 1 is 1.26 bits per heavy atom. The van der Waals surface area contributed by atoms with Crippen molar-refractivity contribution in [1.29, 1.82) is 0 Å². The van der Waals surface area contributed by atoms with Gasteiger partial charge in [-0.2, -0.15) is 0 Å². The zero-order chi connectivity index (χ0) is 13.1. The van der Waals surface area contributed by atoms with Gasteiger partial charge in [0.05, 0.1) is 12.4 Å². The van der Waals surface area contributed by atoms with E-state index in [0.29, 0.717) is 6.04 Å². The van der Waals surface area contributed by atoms with Crippen LogP contribution in [0.4, 0.5) is 0 Å². The largest absolute Gasteiger partial charge is 0.393 e. The molecule has 1 fully saturated rings. The SMILES string of the molecule is OC1CCC(NCc2ccc(-n3ccnc3)cc2)C1. The maximum atomic E-state index is 9.49. The Kier molecular flexibility index (Phi) is 3.62. The van der Waals surface area contributed by atoms with Crippen molar-refractivity contribution < 1.29 is 5.11 Å².